The standard InChI is InChI=1S/C21H22Br2F2N2O2/c1-13-10-27(14(2)9-26(13)11-15-3-5-16(24)6-4-15)20(28)12-29-21-18(22)7-17(25)8-19(21)23/h3-8,13-14H,9-12H2,1-2H3/t13-,14+/m0/s1. The summed E-state index contributed by atoms with van der Waals surface area (Å²) in [7, 11) is 0. The SMILES string of the molecule is C[C@@H]1CN(Cc2ccc(F)cc2)[C@@H](C)CN1C(=O)COc1c(Br)cc(F)cc1Br. The summed E-state index contributed by atoms with van der Waals surface area (Å²) in [6.45, 7) is 5.96. The first-order chi connectivity index (χ1) is 13.7. The van der Waals surface area contributed by atoms with Crippen molar-refractivity contribution in [2.75, 3.05) is 19.7 Å². The molecule has 0 N–H and O–H groups in total. The fourth-order valence-electron chi connectivity index (χ4n) is 3.47. The molecule has 3 rings (SSSR count). The molecule has 4 nitrogen and oxygen atoms in total. The van der Waals surface area contributed by atoms with Gasteiger partial charge in [-0.1, -0.05) is 12.1 Å². The molecule has 0 aromatic heterocycles. The second kappa shape index (κ2) is 9.53. The first-order valence-corrected chi connectivity index (χ1v) is 10.9. The van der Waals surface area contributed by atoms with Gasteiger partial charge in [0.1, 0.15) is 17.4 Å². The van der Waals surface area contributed by atoms with E-state index in [9.17, 15) is 13.6 Å². The van der Waals surface area contributed by atoms with Gasteiger partial charge in [-0.25, -0.2) is 8.78 Å². The van der Waals surface area contributed by atoms with Gasteiger partial charge < -0.3 is 9.64 Å². The van der Waals surface area contributed by atoms with E-state index in [1.807, 2.05) is 11.8 Å². The first kappa shape index (κ1) is 22.2. The van der Waals surface area contributed by atoms with Crippen molar-refractivity contribution in [2.45, 2.75) is 32.5 Å². The number of piperazine rings is 1. The minimum atomic E-state index is -0.401. The van der Waals surface area contributed by atoms with E-state index in [0.717, 1.165) is 5.56 Å². The van der Waals surface area contributed by atoms with Crippen molar-refractivity contribution in [3.05, 3.63) is 62.5 Å². The van der Waals surface area contributed by atoms with E-state index in [0.29, 0.717) is 34.3 Å². The summed E-state index contributed by atoms with van der Waals surface area (Å²) in [6.07, 6.45) is 0. The van der Waals surface area contributed by atoms with E-state index < -0.39 is 5.82 Å². The molecule has 1 fully saturated rings. The lowest BCUT2D eigenvalue weighted by atomic mass is 10.1. The van der Waals surface area contributed by atoms with E-state index >= 15 is 0 Å². The molecule has 29 heavy (non-hydrogen) atoms. The Kier molecular flexibility index (Phi) is 7.29. The smallest absolute Gasteiger partial charge is 0.260 e. The normalized spacial score (nSPS) is 20.0. The maximum absolute atomic E-state index is 13.4. The monoisotopic (exact) mass is 530 g/mol. The van der Waals surface area contributed by atoms with Crippen LogP contribution in [0.2, 0.25) is 0 Å². The molecule has 8 heteroatoms. The maximum atomic E-state index is 13.4. The summed E-state index contributed by atoms with van der Waals surface area (Å²) in [5.41, 5.74) is 1.04. The molecule has 1 aliphatic heterocycles. The van der Waals surface area contributed by atoms with Crippen LogP contribution in [0, 0.1) is 11.6 Å². The molecular weight excluding hydrogens is 510 g/mol. The summed E-state index contributed by atoms with van der Waals surface area (Å²) >= 11 is 6.52. The van der Waals surface area contributed by atoms with Gasteiger partial charge in [-0.3, -0.25) is 9.69 Å². The maximum Gasteiger partial charge on any atom is 0.260 e. The van der Waals surface area contributed by atoms with E-state index in [-0.39, 0.29) is 30.4 Å². The quantitative estimate of drug-likeness (QED) is 0.545. The van der Waals surface area contributed by atoms with Gasteiger partial charge in [0.25, 0.3) is 5.91 Å². The molecule has 156 valence electrons. The Morgan fingerprint density at radius 3 is 2.28 bits per heavy atom. The molecular formula is C21H22Br2F2N2O2. The highest BCUT2D eigenvalue weighted by molar-refractivity contribution is 9.11. The Balaban J connectivity index is 1.59. The molecule has 1 aliphatic rings. The Labute approximate surface area is 186 Å². The number of halogens is 4. The minimum Gasteiger partial charge on any atom is -0.481 e. The number of carbonyl (C=O) groups is 1. The Morgan fingerprint density at radius 1 is 1.03 bits per heavy atom. The molecule has 0 radical (unpaired) electrons. The van der Waals surface area contributed by atoms with E-state index in [1.165, 1.54) is 24.3 Å². The van der Waals surface area contributed by atoms with Gasteiger partial charge in [0.2, 0.25) is 0 Å². The highest BCUT2D eigenvalue weighted by Gasteiger charge is 2.32. The Hall–Kier alpha value is -1.51. The lowest BCUT2D eigenvalue weighted by Gasteiger charge is -2.44. The van der Waals surface area contributed by atoms with Crippen molar-refractivity contribution in [3.63, 3.8) is 0 Å². The highest BCUT2D eigenvalue weighted by atomic mass is 79.9. The van der Waals surface area contributed by atoms with Crippen molar-refractivity contribution in [2.24, 2.45) is 0 Å². The van der Waals surface area contributed by atoms with Crippen LogP contribution in [0.4, 0.5) is 8.78 Å². The zero-order valence-corrected chi connectivity index (χ0v) is 19.3. The largest absolute Gasteiger partial charge is 0.481 e. The minimum absolute atomic E-state index is 0.0165. The molecule has 0 unspecified atom stereocenters. The van der Waals surface area contributed by atoms with Crippen molar-refractivity contribution < 1.29 is 18.3 Å². The van der Waals surface area contributed by atoms with Crippen LogP contribution >= 0.6 is 31.9 Å². The molecule has 1 heterocycles. The molecule has 1 saturated heterocycles. The third-order valence-electron chi connectivity index (χ3n) is 5.04. The van der Waals surface area contributed by atoms with Crippen LogP contribution in [0.15, 0.2) is 45.3 Å². The Morgan fingerprint density at radius 2 is 1.66 bits per heavy atom. The van der Waals surface area contributed by atoms with E-state index in [1.54, 1.807) is 12.1 Å². The molecule has 0 aliphatic carbocycles. The van der Waals surface area contributed by atoms with Crippen molar-refractivity contribution in [3.8, 4) is 5.75 Å². The molecule has 0 spiro atoms. The molecule has 2 atom stereocenters. The van der Waals surface area contributed by atoms with Gasteiger partial charge in [-0.2, -0.15) is 0 Å². The van der Waals surface area contributed by atoms with E-state index in [2.05, 4.69) is 43.7 Å². The van der Waals surface area contributed by atoms with Crippen LogP contribution in [0.25, 0.3) is 0 Å². The number of rotatable bonds is 5. The van der Waals surface area contributed by atoms with E-state index in [4.69, 9.17) is 4.74 Å². The molecule has 2 aromatic carbocycles. The zero-order valence-electron chi connectivity index (χ0n) is 16.2. The van der Waals surface area contributed by atoms with Gasteiger partial charge >= 0.3 is 0 Å². The van der Waals surface area contributed by atoms with Crippen molar-refractivity contribution >= 4 is 37.8 Å². The third kappa shape index (κ3) is 5.55. The summed E-state index contributed by atoms with van der Waals surface area (Å²) in [6, 6.07) is 9.27. The summed E-state index contributed by atoms with van der Waals surface area (Å²) in [5.74, 6) is -0.364. The number of ether oxygens (including phenoxy) is 1. The van der Waals surface area contributed by atoms with Gasteiger partial charge in [0.15, 0.2) is 6.61 Å². The molecule has 0 saturated carbocycles. The fourth-order valence-corrected chi connectivity index (χ4v) is 4.83. The van der Waals surface area contributed by atoms with Crippen LogP contribution in [0.1, 0.15) is 19.4 Å². The summed E-state index contributed by atoms with van der Waals surface area (Å²) in [4.78, 5) is 16.9. The van der Waals surface area contributed by atoms with Crippen LogP contribution in [-0.4, -0.2) is 47.5 Å². The second-order valence-electron chi connectivity index (χ2n) is 7.29. The second-order valence-corrected chi connectivity index (χ2v) is 9.00. The van der Waals surface area contributed by atoms with Crippen LogP contribution in [0.3, 0.4) is 0 Å². The van der Waals surface area contributed by atoms with Gasteiger partial charge in [0, 0.05) is 31.7 Å². The van der Waals surface area contributed by atoms with Crippen molar-refractivity contribution in [1.82, 2.24) is 9.80 Å². The van der Waals surface area contributed by atoms with Gasteiger partial charge in [0.05, 0.1) is 8.95 Å². The zero-order chi connectivity index (χ0) is 21.1. The molecule has 0 bridgehead atoms. The number of amides is 1. The van der Waals surface area contributed by atoms with Gasteiger partial charge in [-0.05, 0) is 75.5 Å². The number of hydrogen-bond acceptors (Lipinski definition) is 3. The molecule has 1 amide bonds. The van der Waals surface area contributed by atoms with Gasteiger partial charge in [-0.15, -0.1) is 0 Å². The lowest BCUT2D eigenvalue weighted by Crippen LogP contribution is -2.58. The predicted octanol–water partition coefficient (Wildman–Crippen LogP) is 4.99. The highest BCUT2D eigenvalue weighted by Crippen LogP contribution is 2.34. The molecule has 2 aromatic rings. The average Bonchev–Trinajstić information content (AvgIpc) is 2.65. The lowest BCUT2D eigenvalue weighted by molar-refractivity contribution is -0.139. The number of hydrogen-bond donors (Lipinski definition) is 0. The Bertz CT molecular complexity index is 856. The number of nitrogens with zero attached hydrogens (tertiary/aromatic N) is 2. The van der Waals surface area contributed by atoms with Crippen LogP contribution < -0.4 is 4.74 Å². The third-order valence-corrected chi connectivity index (χ3v) is 6.22. The summed E-state index contributed by atoms with van der Waals surface area (Å²) in [5, 5.41) is 0. The van der Waals surface area contributed by atoms with Crippen LogP contribution in [0.5, 0.6) is 5.75 Å². The van der Waals surface area contributed by atoms with Crippen LogP contribution in [-0.2, 0) is 11.3 Å². The summed E-state index contributed by atoms with van der Waals surface area (Å²) < 4.78 is 33.1. The van der Waals surface area contributed by atoms with Crippen molar-refractivity contribution in [1.29, 1.82) is 0 Å². The number of carbonyl (C=O) groups excluding carboxylic acids is 1. The first-order valence-electron chi connectivity index (χ1n) is 9.30. The predicted molar refractivity (Wildman–Crippen MR) is 115 cm³/mol. The fraction of sp³-hybridized carbons (Fsp3) is 0.381. The number of benzene rings is 2. The topological polar surface area (TPSA) is 32.8 Å². The average molecular weight is 532 g/mol.